The van der Waals surface area contributed by atoms with Crippen molar-refractivity contribution in [3.63, 3.8) is 0 Å². The van der Waals surface area contributed by atoms with E-state index >= 15 is 0 Å². The molecule has 134 valence electrons. The lowest BCUT2D eigenvalue weighted by molar-refractivity contribution is 0.0524. The number of carbonyl (C=O) groups is 1. The molecule has 1 amide bonds. The third kappa shape index (κ3) is 3.57. The Bertz CT molecular complexity index is 774. The van der Waals surface area contributed by atoms with Gasteiger partial charge in [0, 0.05) is 19.3 Å². The van der Waals surface area contributed by atoms with E-state index in [1.807, 2.05) is 25.8 Å². The van der Waals surface area contributed by atoms with Crippen LogP contribution >= 0.6 is 0 Å². The molecule has 3 rings (SSSR count). The molecular weight excluding hydrogens is 322 g/mol. The zero-order valence-electron chi connectivity index (χ0n) is 15.0. The predicted molar refractivity (Wildman–Crippen MR) is 90.8 cm³/mol. The largest absolute Gasteiger partial charge is 0.480 e. The van der Waals surface area contributed by atoms with Crippen molar-refractivity contribution in [2.24, 2.45) is 7.05 Å². The van der Waals surface area contributed by atoms with Crippen molar-refractivity contribution in [3.05, 3.63) is 29.3 Å². The average molecular weight is 345 g/mol. The van der Waals surface area contributed by atoms with Gasteiger partial charge in [-0.25, -0.2) is 0 Å². The first kappa shape index (κ1) is 17.2. The normalized spacial score (nSPS) is 17.4. The number of hydrogen-bond acceptors (Lipinski definition) is 6. The Morgan fingerprint density at radius 2 is 2.04 bits per heavy atom. The van der Waals surface area contributed by atoms with E-state index in [4.69, 9.17) is 9.47 Å². The maximum absolute atomic E-state index is 12.9. The minimum atomic E-state index is -0.114. The minimum Gasteiger partial charge on any atom is -0.480 e. The fourth-order valence-corrected chi connectivity index (χ4v) is 3.12. The maximum Gasteiger partial charge on any atom is 0.257 e. The lowest BCUT2D eigenvalue weighted by atomic mass is 10.1. The van der Waals surface area contributed by atoms with E-state index < -0.39 is 0 Å². The molecule has 0 bridgehead atoms. The lowest BCUT2D eigenvalue weighted by Gasteiger charge is -2.32. The summed E-state index contributed by atoms with van der Waals surface area (Å²) in [7, 11) is 3.38. The summed E-state index contributed by atoms with van der Waals surface area (Å²) in [6.07, 6.45) is 4.71. The number of rotatable bonds is 4. The number of carbonyl (C=O) groups excluding carboxylic acids is 1. The zero-order chi connectivity index (χ0) is 18.0. The van der Waals surface area contributed by atoms with Crippen molar-refractivity contribution in [2.45, 2.75) is 32.8 Å². The Kier molecular flexibility index (Phi) is 4.87. The number of aryl methyl sites for hydroxylation is 2. The predicted octanol–water partition coefficient (Wildman–Crippen LogP) is 1.52. The van der Waals surface area contributed by atoms with Crippen LogP contribution in [-0.2, 0) is 7.05 Å². The Hall–Kier alpha value is -2.64. The summed E-state index contributed by atoms with van der Waals surface area (Å²) in [5, 5.41) is 4.34. The molecule has 0 radical (unpaired) electrons. The zero-order valence-corrected chi connectivity index (χ0v) is 15.0. The number of hydrogen-bond donors (Lipinski definition) is 0. The van der Waals surface area contributed by atoms with Gasteiger partial charge >= 0.3 is 0 Å². The second-order valence-electron chi connectivity index (χ2n) is 6.20. The lowest BCUT2D eigenvalue weighted by Crippen LogP contribution is -2.44. The van der Waals surface area contributed by atoms with E-state index in [2.05, 4.69) is 15.1 Å². The molecule has 2 aromatic rings. The summed E-state index contributed by atoms with van der Waals surface area (Å²) in [5.41, 5.74) is 2.32. The van der Waals surface area contributed by atoms with Crippen LogP contribution in [0.3, 0.4) is 0 Å². The fraction of sp³-hybridized carbons (Fsp3) is 0.529. The molecular formula is C17H23N5O3. The molecule has 8 nitrogen and oxygen atoms in total. The summed E-state index contributed by atoms with van der Waals surface area (Å²) in [6.45, 7) is 5.02. The molecule has 1 fully saturated rings. The van der Waals surface area contributed by atoms with Gasteiger partial charge in [-0.3, -0.25) is 14.5 Å². The van der Waals surface area contributed by atoms with Crippen LogP contribution in [0.15, 0.2) is 12.4 Å². The van der Waals surface area contributed by atoms with Crippen LogP contribution in [0.4, 0.5) is 0 Å². The Labute approximate surface area is 146 Å². The van der Waals surface area contributed by atoms with Crippen molar-refractivity contribution in [2.75, 3.05) is 20.2 Å². The van der Waals surface area contributed by atoms with Crippen LogP contribution in [-0.4, -0.2) is 56.9 Å². The van der Waals surface area contributed by atoms with Gasteiger partial charge in [0.1, 0.15) is 6.10 Å². The second kappa shape index (κ2) is 7.08. The van der Waals surface area contributed by atoms with Gasteiger partial charge in [0.2, 0.25) is 11.8 Å². The number of aromatic nitrogens is 4. The van der Waals surface area contributed by atoms with E-state index in [0.29, 0.717) is 23.9 Å². The molecule has 1 atom stereocenters. The number of methoxy groups -OCH3 is 1. The molecule has 1 aliphatic rings. The minimum absolute atomic E-state index is 0.00752. The summed E-state index contributed by atoms with van der Waals surface area (Å²) >= 11 is 0. The summed E-state index contributed by atoms with van der Waals surface area (Å²) < 4.78 is 12.7. The molecule has 1 saturated heterocycles. The standard InChI is InChI=1S/C17H23N5O3/c1-11-16(12(2)21(3)20-11)17(23)22-7-5-6-13(10-22)25-15-9-18-8-14(19-15)24-4/h8-9,13H,5-7,10H2,1-4H3. The molecule has 3 heterocycles. The van der Waals surface area contributed by atoms with Crippen molar-refractivity contribution >= 4 is 5.91 Å². The molecule has 1 aliphatic heterocycles. The number of likely N-dealkylation sites (tertiary alicyclic amines) is 1. The van der Waals surface area contributed by atoms with Crippen molar-refractivity contribution in [1.82, 2.24) is 24.6 Å². The van der Waals surface area contributed by atoms with Gasteiger partial charge in [0.05, 0.1) is 37.3 Å². The van der Waals surface area contributed by atoms with Crippen molar-refractivity contribution in [1.29, 1.82) is 0 Å². The number of piperidine rings is 1. The van der Waals surface area contributed by atoms with E-state index in [1.165, 1.54) is 13.3 Å². The highest BCUT2D eigenvalue weighted by Crippen LogP contribution is 2.21. The summed E-state index contributed by atoms with van der Waals surface area (Å²) in [4.78, 5) is 23.0. The SMILES string of the molecule is COc1cncc(OC2CCCN(C(=O)c3c(C)nn(C)c3C)C2)n1. The smallest absolute Gasteiger partial charge is 0.257 e. The Morgan fingerprint density at radius 1 is 1.28 bits per heavy atom. The number of amides is 1. The molecule has 8 heteroatoms. The molecule has 0 spiro atoms. The third-order valence-corrected chi connectivity index (χ3v) is 4.48. The third-order valence-electron chi connectivity index (χ3n) is 4.48. The molecule has 0 aliphatic carbocycles. The van der Waals surface area contributed by atoms with Crippen molar-refractivity contribution in [3.8, 4) is 11.8 Å². The van der Waals surface area contributed by atoms with Crippen LogP contribution in [0.5, 0.6) is 11.8 Å². The fourth-order valence-electron chi connectivity index (χ4n) is 3.12. The molecule has 25 heavy (non-hydrogen) atoms. The molecule has 0 aromatic carbocycles. The van der Waals surface area contributed by atoms with Crippen LogP contribution in [0.2, 0.25) is 0 Å². The van der Waals surface area contributed by atoms with Crippen LogP contribution in [0.25, 0.3) is 0 Å². The van der Waals surface area contributed by atoms with Gasteiger partial charge in [-0.2, -0.15) is 10.1 Å². The van der Waals surface area contributed by atoms with Crippen LogP contribution < -0.4 is 9.47 Å². The van der Waals surface area contributed by atoms with Gasteiger partial charge in [-0.1, -0.05) is 0 Å². The molecule has 0 N–H and O–H groups in total. The first-order valence-corrected chi connectivity index (χ1v) is 8.31. The summed E-state index contributed by atoms with van der Waals surface area (Å²) in [5.74, 6) is 0.823. The second-order valence-corrected chi connectivity index (χ2v) is 6.20. The summed E-state index contributed by atoms with van der Waals surface area (Å²) in [6, 6.07) is 0. The number of nitrogens with zero attached hydrogens (tertiary/aromatic N) is 5. The van der Waals surface area contributed by atoms with Gasteiger partial charge in [-0.15, -0.1) is 0 Å². The highest BCUT2D eigenvalue weighted by atomic mass is 16.5. The van der Waals surface area contributed by atoms with Gasteiger partial charge in [0.15, 0.2) is 0 Å². The topological polar surface area (TPSA) is 82.4 Å². The van der Waals surface area contributed by atoms with E-state index in [-0.39, 0.29) is 12.0 Å². The van der Waals surface area contributed by atoms with E-state index in [0.717, 1.165) is 30.8 Å². The first-order chi connectivity index (χ1) is 12.0. The van der Waals surface area contributed by atoms with Gasteiger partial charge < -0.3 is 14.4 Å². The maximum atomic E-state index is 12.9. The van der Waals surface area contributed by atoms with Gasteiger partial charge in [-0.05, 0) is 26.7 Å². The van der Waals surface area contributed by atoms with Gasteiger partial charge in [0.25, 0.3) is 5.91 Å². The average Bonchev–Trinajstić information content (AvgIpc) is 2.87. The highest BCUT2D eigenvalue weighted by Gasteiger charge is 2.29. The monoisotopic (exact) mass is 345 g/mol. The molecule has 0 saturated carbocycles. The Morgan fingerprint density at radius 3 is 2.72 bits per heavy atom. The first-order valence-electron chi connectivity index (χ1n) is 8.31. The van der Waals surface area contributed by atoms with Crippen LogP contribution in [0, 0.1) is 13.8 Å². The van der Waals surface area contributed by atoms with E-state index in [1.54, 1.807) is 10.9 Å². The molecule has 2 aromatic heterocycles. The van der Waals surface area contributed by atoms with Crippen LogP contribution in [0.1, 0.15) is 34.6 Å². The van der Waals surface area contributed by atoms with E-state index in [9.17, 15) is 4.79 Å². The van der Waals surface area contributed by atoms with Crippen molar-refractivity contribution < 1.29 is 14.3 Å². The molecule has 1 unspecified atom stereocenters. The quantitative estimate of drug-likeness (QED) is 0.835. The number of ether oxygens (including phenoxy) is 2. The highest BCUT2D eigenvalue weighted by molar-refractivity contribution is 5.96. The Balaban J connectivity index is 1.71.